The Balaban J connectivity index is 1.81. The zero-order chi connectivity index (χ0) is 21.3. The average Bonchev–Trinajstić information content (AvgIpc) is 2.93. The lowest BCUT2D eigenvalue weighted by atomic mass is 10.1. The SMILES string of the molecule is CON(C(=O)c1c(C)nn(C)c1F)C(C)COc1c(Br)cc2ccccc2c1Br. The van der Waals surface area contributed by atoms with E-state index in [9.17, 15) is 9.18 Å². The average molecular weight is 529 g/mol. The fraction of sp³-hybridized carbons (Fsp3) is 0.300. The Hall–Kier alpha value is -1.97. The summed E-state index contributed by atoms with van der Waals surface area (Å²) in [5.74, 6) is -0.700. The first-order valence-electron chi connectivity index (χ1n) is 8.82. The molecule has 0 radical (unpaired) electrons. The van der Waals surface area contributed by atoms with Gasteiger partial charge in [0.05, 0.1) is 27.8 Å². The van der Waals surface area contributed by atoms with Gasteiger partial charge in [-0.05, 0) is 62.5 Å². The lowest BCUT2D eigenvalue weighted by Crippen LogP contribution is -2.41. The minimum absolute atomic E-state index is 0.116. The molecule has 0 bridgehead atoms. The summed E-state index contributed by atoms with van der Waals surface area (Å²) >= 11 is 7.13. The van der Waals surface area contributed by atoms with E-state index in [1.807, 2.05) is 30.3 Å². The highest BCUT2D eigenvalue weighted by Crippen LogP contribution is 2.39. The predicted octanol–water partition coefficient (Wildman–Crippen LogP) is 5.02. The summed E-state index contributed by atoms with van der Waals surface area (Å²) < 4.78 is 22.9. The van der Waals surface area contributed by atoms with Gasteiger partial charge in [-0.25, -0.2) is 9.75 Å². The fourth-order valence-electron chi connectivity index (χ4n) is 3.10. The summed E-state index contributed by atoms with van der Waals surface area (Å²) in [6.45, 7) is 3.47. The Morgan fingerprint density at radius 1 is 1.34 bits per heavy atom. The molecule has 1 heterocycles. The largest absolute Gasteiger partial charge is 0.489 e. The number of aromatic nitrogens is 2. The molecule has 1 atom stereocenters. The Kier molecular flexibility index (Phi) is 6.60. The number of hydroxylamine groups is 2. The first-order chi connectivity index (χ1) is 13.8. The molecule has 0 aliphatic carbocycles. The van der Waals surface area contributed by atoms with Crippen LogP contribution in [0, 0.1) is 12.9 Å². The van der Waals surface area contributed by atoms with Gasteiger partial charge in [0.25, 0.3) is 5.91 Å². The van der Waals surface area contributed by atoms with Crippen molar-refractivity contribution in [3.8, 4) is 5.75 Å². The van der Waals surface area contributed by atoms with Crippen molar-refractivity contribution in [3.05, 3.63) is 56.5 Å². The van der Waals surface area contributed by atoms with Gasteiger partial charge < -0.3 is 4.74 Å². The number of hydrogen-bond acceptors (Lipinski definition) is 4. The third kappa shape index (κ3) is 4.17. The first kappa shape index (κ1) is 21.7. The molecule has 0 fully saturated rings. The number of fused-ring (bicyclic) bond motifs is 1. The van der Waals surface area contributed by atoms with Crippen LogP contribution in [0.3, 0.4) is 0 Å². The third-order valence-electron chi connectivity index (χ3n) is 4.53. The number of carbonyl (C=O) groups is 1. The lowest BCUT2D eigenvalue weighted by molar-refractivity contribution is -0.126. The standard InChI is InChI=1S/C20H20Br2FN3O3/c1-11(26(28-4)20(27)16-12(2)24-25(3)19(16)23)10-29-18-15(21)9-13-7-5-6-8-14(13)17(18)22/h5-9,11H,10H2,1-4H3. The summed E-state index contributed by atoms with van der Waals surface area (Å²) in [7, 11) is 2.80. The summed E-state index contributed by atoms with van der Waals surface area (Å²) in [6.07, 6.45) is 0. The monoisotopic (exact) mass is 527 g/mol. The second kappa shape index (κ2) is 8.81. The van der Waals surface area contributed by atoms with Gasteiger partial charge in [0.2, 0.25) is 5.95 Å². The minimum atomic E-state index is -0.706. The summed E-state index contributed by atoms with van der Waals surface area (Å²) in [6, 6.07) is 9.38. The molecule has 0 spiro atoms. The van der Waals surface area contributed by atoms with Gasteiger partial charge in [-0.3, -0.25) is 9.63 Å². The van der Waals surface area contributed by atoms with Crippen molar-refractivity contribution in [1.29, 1.82) is 0 Å². The molecule has 3 rings (SSSR count). The van der Waals surface area contributed by atoms with Gasteiger partial charge in [-0.2, -0.15) is 9.49 Å². The molecule has 0 aliphatic rings. The van der Waals surface area contributed by atoms with Crippen molar-refractivity contribution in [2.24, 2.45) is 7.05 Å². The highest BCUT2D eigenvalue weighted by Gasteiger charge is 2.29. The van der Waals surface area contributed by atoms with Crippen molar-refractivity contribution in [2.45, 2.75) is 19.9 Å². The molecule has 0 saturated heterocycles. The van der Waals surface area contributed by atoms with E-state index in [4.69, 9.17) is 9.57 Å². The van der Waals surface area contributed by atoms with E-state index >= 15 is 0 Å². The zero-order valence-electron chi connectivity index (χ0n) is 16.4. The van der Waals surface area contributed by atoms with Crippen LogP contribution in [0.25, 0.3) is 10.8 Å². The van der Waals surface area contributed by atoms with Crippen LogP contribution >= 0.6 is 31.9 Å². The van der Waals surface area contributed by atoms with E-state index in [-0.39, 0.29) is 12.2 Å². The van der Waals surface area contributed by atoms with E-state index < -0.39 is 17.9 Å². The molecule has 1 unspecified atom stereocenters. The van der Waals surface area contributed by atoms with Gasteiger partial charge in [0.1, 0.15) is 17.9 Å². The van der Waals surface area contributed by atoms with Gasteiger partial charge in [-0.15, -0.1) is 0 Å². The number of aryl methyl sites for hydroxylation is 2. The van der Waals surface area contributed by atoms with E-state index in [2.05, 4.69) is 37.0 Å². The van der Waals surface area contributed by atoms with Crippen LogP contribution < -0.4 is 4.74 Å². The third-order valence-corrected chi connectivity index (χ3v) is 5.90. The number of ether oxygens (including phenoxy) is 1. The molecular weight excluding hydrogens is 509 g/mol. The Labute approximate surface area is 184 Å². The van der Waals surface area contributed by atoms with Crippen LogP contribution in [-0.4, -0.2) is 40.5 Å². The maximum absolute atomic E-state index is 14.3. The number of carbonyl (C=O) groups excluding carboxylic acids is 1. The Bertz CT molecular complexity index is 1070. The fourth-order valence-corrected chi connectivity index (χ4v) is 4.62. The van der Waals surface area contributed by atoms with Crippen LogP contribution in [0.2, 0.25) is 0 Å². The number of nitrogens with zero attached hydrogens (tertiary/aromatic N) is 3. The van der Waals surface area contributed by atoms with Crippen molar-refractivity contribution in [1.82, 2.24) is 14.8 Å². The van der Waals surface area contributed by atoms with Crippen LogP contribution in [0.15, 0.2) is 39.3 Å². The van der Waals surface area contributed by atoms with Gasteiger partial charge >= 0.3 is 0 Å². The molecular formula is C20H20Br2FN3O3. The topological polar surface area (TPSA) is 56.6 Å². The van der Waals surface area contributed by atoms with E-state index in [0.29, 0.717) is 11.4 Å². The number of amides is 1. The van der Waals surface area contributed by atoms with Crippen molar-refractivity contribution >= 4 is 48.5 Å². The van der Waals surface area contributed by atoms with Gasteiger partial charge in [-0.1, -0.05) is 24.3 Å². The Morgan fingerprint density at radius 2 is 2.03 bits per heavy atom. The highest BCUT2D eigenvalue weighted by atomic mass is 79.9. The lowest BCUT2D eigenvalue weighted by Gasteiger charge is -2.26. The van der Waals surface area contributed by atoms with Crippen molar-refractivity contribution in [2.75, 3.05) is 13.7 Å². The van der Waals surface area contributed by atoms with Gasteiger partial charge in [0.15, 0.2) is 0 Å². The van der Waals surface area contributed by atoms with Crippen molar-refractivity contribution < 1.29 is 18.8 Å². The molecule has 9 heteroatoms. The summed E-state index contributed by atoms with van der Waals surface area (Å²) in [5, 5.41) is 7.11. The Morgan fingerprint density at radius 3 is 2.66 bits per heavy atom. The molecule has 1 aromatic heterocycles. The summed E-state index contributed by atoms with van der Waals surface area (Å²) in [4.78, 5) is 18.1. The van der Waals surface area contributed by atoms with Gasteiger partial charge in [0, 0.05) is 7.05 Å². The first-order valence-corrected chi connectivity index (χ1v) is 10.4. The second-order valence-electron chi connectivity index (χ2n) is 6.57. The molecule has 6 nitrogen and oxygen atoms in total. The van der Waals surface area contributed by atoms with E-state index in [1.54, 1.807) is 13.8 Å². The molecule has 1 amide bonds. The quantitative estimate of drug-likeness (QED) is 0.422. The molecule has 3 aromatic rings. The molecule has 2 aromatic carbocycles. The van der Waals surface area contributed by atoms with Crippen LogP contribution in [-0.2, 0) is 11.9 Å². The predicted molar refractivity (Wildman–Crippen MR) is 115 cm³/mol. The number of benzene rings is 2. The van der Waals surface area contributed by atoms with E-state index in [0.717, 1.165) is 29.5 Å². The maximum Gasteiger partial charge on any atom is 0.284 e. The summed E-state index contributed by atoms with van der Waals surface area (Å²) in [5.41, 5.74) is 0.180. The maximum atomic E-state index is 14.3. The molecule has 0 aliphatic heterocycles. The number of rotatable bonds is 6. The molecule has 0 saturated carbocycles. The van der Waals surface area contributed by atoms with Crippen LogP contribution in [0.1, 0.15) is 23.0 Å². The highest BCUT2D eigenvalue weighted by molar-refractivity contribution is 9.11. The number of halogens is 3. The minimum Gasteiger partial charge on any atom is -0.489 e. The zero-order valence-corrected chi connectivity index (χ0v) is 19.5. The molecule has 154 valence electrons. The van der Waals surface area contributed by atoms with Crippen LogP contribution in [0.5, 0.6) is 5.75 Å². The van der Waals surface area contributed by atoms with E-state index in [1.165, 1.54) is 14.2 Å². The smallest absolute Gasteiger partial charge is 0.284 e. The molecule has 29 heavy (non-hydrogen) atoms. The molecule has 0 N–H and O–H groups in total. The number of hydrogen-bond donors (Lipinski definition) is 0. The normalized spacial score (nSPS) is 12.2. The van der Waals surface area contributed by atoms with Crippen LogP contribution in [0.4, 0.5) is 4.39 Å². The second-order valence-corrected chi connectivity index (χ2v) is 8.22. The van der Waals surface area contributed by atoms with Crippen molar-refractivity contribution in [3.63, 3.8) is 0 Å².